The molecule has 0 fully saturated rings. The summed E-state index contributed by atoms with van der Waals surface area (Å²) in [5, 5.41) is 7.07. The fourth-order valence-electron chi connectivity index (χ4n) is 3.46. The maximum absolute atomic E-state index is 13.2. The number of carbonyl (C=O) groups excluding carboxylic acids is 1. The SMILES string of the molecule is COc1cc(C(C)=NNC(=O)c2cc(-c3cccs3)nc3ccccc23)cc(OC)c1OC. The molecular formula is C25H23N3O4S. The van der Waals surface area contributed by atoms with Gasteiger partial charge in [-0.15, -0.1) is 11.3 Å². The molecule has 4 rings (SSSR count). The van der Waals surface area contributed by atoms with Crippen LogP contribution in [0.5, 0.6) is 17.2 Å². The number of rotatable bonds is 7. The molecule has 0 radical (unpaired) electrons. The third-order valence-corrected chi connectivity index (χ3v) is 6.03. The van der Waals surface area contributed by atoms with E-state index in [2.05, 4.69) is 10.5 Å². The van der Waals surface area contributed by atoms with Gasteiger partial charge in [0.15, 0.2) is 11.5 Å². The standard InChI is InChI=1S/C25H23N3O4S/c1-15(16-12-21(30-2)24(32-4)22(13-16)31-3)27-28-25(29)18-14-20(23-10-7-11-33-23)26-19-9-6-5-8-17(18)19/h5-14H,1-4H3,(H,28,29). The topological polar surface area (TPSA) is 82.0 Å². The van der Waals surface area contributed by atoms with E-state index >= 15 is 0 Å². The van der Waals surface area contributed by atoms with Crippen molar-refractivity contribution >= 4 is 33.9 Å². The zero-order valence-corrected chi connectivity index (χ0v) is 19.5. The van der Waals surface area contributed by atoms with Gasteiger partial charge in [-0.3, -0.25) is 4.79 Å². The molecule has 1 N–H and O–H groups in total. The molecule has 2 aromatic heterocycles. The van der Waals surface area contributed by atoms with Crippen molar-refractivity contribution < 1.29 is 19.0 Å². The Hall–Kier alpha value is -3.91. The van der Waals surface area contributed by atoms with Crippen LogP contribution in [0.3, 0.4) is 0 Å². The molecule has 0 bridgehead atoms. The van der Waals surface area contributed by atoms with Crippen LogP contribution in [0, 0.1) is 0 Å². The number of nitrogens with zero attached hydrogens (tertiary/aromatic N) is 2. The van der Waals surface area contributed by atoms with E-state index < -0.39 is 0 Å². The number of aromatic nitrogens is 1. The highest BCUT2D eigenvalue weighted by Crippen LogP contribution is 2.38. The lowest BCUT2D eigenvalue weighted by molar-refractivity contribution is 0.0956. The van der Waals surface area contributed by atoms with Gasteiger partial charge < -0.3 is 14.2 Å². The van der Waals surface area contributed by atoms with Crippen molar-refractivity contribution in [1.29, 1.82) is 0 Å². The number of hydrogen-bond donors (Lipinski definition) is 1. The third-order valence-electron chi connectivity index (χ3n) is 5.14. The molecule has 4 aromatic rings. The normalized spacial score (nSPS) is 11.3. The van der Waals surface area contributed by atoms with Crippen LogP contribution >= 0.6 is 11.3 Å². The molecule has 0 saturated carbocycles. The van der Waals surface area contributed by atoms with Crippen molar-refractivity contribution in [3.8, 4) is 27.8 Å². The van der Waals surface area contributed by atoms with Crippen LogP contribution in [-0.4, -0.2) is 37.9 Å². The van der Waals surface area contributed by atoms with Gasteiger partial charge in [-0.1, -0.05) is 24.3 Å². The Labute approximate surface area is 195 Å². The maximum Gasteiger partial charge on any atom is 0.272 e. The molecule has 0 aliphatic carbocycles. The Balaban J connectivity index is 1.68. The van der Waals surface area contributed by atoms with E-state index in [0.717, 1.165) is 27.0 Å². The van der Waals surface area contributed by atoms with Crippen LogP contribution in [-0.2, 0) is 0 Å². The van der Waals surface area contributed by atoms with Gasteiger partial charge in [-0.25, -0.2) is 10.4 Å². The largest absolute Gasteiger partial charge is 0.493 e. The van der Waals surface area contributed by atoms with Gasteiger partial charge in [0.25, 0.3) is 5.91 Å². The number of carbonyl (C=O) groups is 1. The molecule has 0 aliphatic rings. The van der Waals surface area contributed by atoms with Gasteiger partial charge in [0.2, 0.25) is 5.75 Å². The number of benzene rings is 2. The summed E-state index contributed by atoms with van der Waals surface area (Å²) in [6.45, 7) is 1.79. The first-order valence-corrected chi connectivity index (χ1v) is 11.0. The van der Waals surface area contributed by atoms with Crippen molar-refractivity contribution in [2.45, 2.75) is 6.92 Å². The van der Waals surface area contributed by atoms with E-state index in [4.69, 9.17) is 19.2 Å². The lowest BCUT2D eigenvalue weighted by Gasteiger charge is -2.14. The van der Waals surface area contributed by atoms with Gasteiger partial charge >= 0.3 is 0 Å². The number of amides is 1. The maximum atomic E-state index is 13.2. The quantitative estimate of drug-likeness (QED) is 0.304. The number of methoxy groups -OCH3 is 3. The van der Waals surface area contributed by atoms with Gasteiger partial charge in [0.05, 0.1) is 48.7 Å². The minimum atomic E-state index is -0.321. The number of nitrogens with one attached hydrogen (secondary N) is 1. The van der Waals surface area contributed by atoms with E-state index in [1.165, 1.54) is 0 Å². The highest BCUT2D eigenvalue weighted by molar-refractivity contribution is 7.13. The third kappa shape index (κ3) is 4.51. The molecular weight excluding hydrogens is 438 g/mol. The molecule has 8 heteroatoms. The summed E-state index contributed by atoms with van der Waals surface area (Å²) in [6, 6.07) is 16.9. The molecule has 0 saturated heterocycles. The molecule has 2 heterocycles. The molecule has 0 unspecified atom stereocenters. The minimum Gasteiger partial charge on any atom is -0.493 e. The first-order valence-electron chi connectivity index (χ1n) is 10.1. The van der Waals surface area contributed by atoms with Crippen molar-refractivity contribution in [3.63, 3.8) is 0 Å². The number of pyridine rings is 1. The summed E-state index contributed by atoms with van der Waals surface area (Å²) >= 11 is 1.57. The lowest BCUT2D eigenvalue weighted by Crippen LogP contribution is -2.20. The zero-order chi connectivity index (χ0) is 23.4. The first kappa shape index (κ1) is 22.3. The summed E-state index contributed by atoms with van der Waals surface area (Å²) < 4.78 is 16.2. The smallest absolute Gasteiger partial charge is 0.272 e. The summed E-state index contributed by atoms with van der Waals surface area (Å²) in [5.41, 5.74) is 5.99. The Morgan fingerprint density at radius 2 is 1.70 bits per heavy atom. The molecule has 0 aliphatic heterocycles. The average Bonchev–Trinajstić information content (AvgIpc) is 3.40. The minimum absolute atomic E-state index is 0.321. The van der Waals surface area contributed by atoms with E-state index in [1.807, 2.05) is 41.8 Å². The fraction of sp³-hybridized carbons (Fsp3) is 0.160. The first-order chi connectivity index (χ1) is 16.0. The Morgan fingerprint density at radius 3 is 2.33 bits per heavy atom. The van der Waals surface area contributed by atoms with Crippen molar-refractivity contribution in [2.75, 3.05) is 21.3 Å². The highest BCUT2D eigenvalue weighted by Gasteiger charge is 2.16. The van der Waals surface area contributed by atoms with Crippen molar-refractivity contribution in [2.24, 2.45) is 5.10 Å². The van der Waals surface area contributed by atoms with Crippen LogP contribution in [0.15, 0.2) is 65.1 Å². The second kappa shape index (κ2) is 9.70. The van der Waals surface area contributed by atoms with Gasteiger partial charge in [0.1, 0.15) is 0 Å². The number of para-hydroxylation sites is 1. The van der Waals surface area contributed by atoms with Crippen LogP contribution < -0.4 is 19.6 Å². The summed E-state index contributed by atoms with van der Waals surface area (Å²) in [5.74, 6) is 1.19. The van der Waals surface area contributed by atoms with Gasteiger partial charge in [-0.2, -0.15) is 5.10 Å². The van der Waals surface area contributed by atoms with Crippen LogP contribution in [0.1, 0.15) is 22.8 Å². The Kier molecular flexibility index (Phi) is 6.55. The second-order valence-corrected chi connectivity index (χ2v) is 8.05. The van der Waals surface area contributed by atoms with Crippen molar-refractivity contribution in [3.05, 3.63) is 71.1 Å². The van der Waals surface area contributed by atoms with Crippen molar-refractivity contribution in [1.82, 2.24) is 10.4 Å². The number of fused-ring (bicyclic) bond motifs is 1. The molecule has 1 amide bonds. The number of ether oxygens (including phenoxy) is 3. The molecule has 33 heavy (non-hydrogen) atoms. The average molecular weight is 462 g/mol. The van der Waals surface area contributed by atoms with Crippen LogP contribution in [0.4, 0.5) is 0 Å². The second-order valence-electron chi connectivity index (χ2n) is 7.10. The fourth-order valence-corrected chi connectivity index (χ4v) is 4.15. The summed E-state index contributed by atoms with van der Waals surface area (Å²) in [6.07, 6.45) is 0. The van der Waals surface area contributed by atoms with Crippen LogP contribution in [0.2, 0.25) is 0 Å². The molecule has 2 aromatic carbocycles. The number of thiophene rings is 1. The molecule has 0 atom stereocenters. The van der Waals surface area contributed by atoms with Crippen LogP contribution in [0.25, 0.3) is 21.5 Å². The number of hydrogen-bond acceptors (Lipinski definition) is 7. The highest BCUT2D eigenvalue weighted by atomic mass is 32.1. The lowest BCUT2D eigenvalue weighted by atomic mass is 10.1. The molecule has 0 spiro atoms. The monoisotopic (exact) mass is 461 g/mol. The predicted octanol–water partition coefficient (Wildman–Crippen LogP) is 5.14. The molecule has 7 nitrogen and oxygen atoms in total. The Morgan fingerprint density at radius 1 is 0.970 bits per heavy atom. The van der Waals surface area contributed by atoms with E-state index in [1.54, 1.807) is 57.8 Å². The zero-order valence-electron chi connectivity index (χ0n) is 18.7. The Bertz CT molecular complexity index is 1310. The summed E-state index contributed by atoms with van der Waals surface area (Å²) in [4.78, 5) is 18.9. The van der Waals surface area contributed by atoms with E-state index in [-0.39, 0.29) is 5.91 Å². The van der Waals surface area contributed by atoms with Gasteiger partial charge in [-0.05, 0) is 42.6 Å². The predicted molar refractivity (Wildman–Crippen MR) is 131 cm³/mol. The number of hydrazone groups is 1. The van der Waals surface area contributed by atoms with Gasteiger partial charge in [0, 0.05) is 10.9 Å². The van der Waals surface area contributed by atoms with E-state index in [9.17, 15) is 4.79 Å². The summed E-state index contributed by atoms with van der Waals surface area (Å²) in [7, 11) is 4.65. The van der Waals surface area contributed by atoms with E-state index in [0.29, 0.717) is 28.5 Å². The molecule has 168 valence electrons.